The molecule has 6 atom stereocenters. The van der Waals surface area contributed by atoms with Gasteiger partial charge in [-0.2, -0.15) is 0 Å². The van der Waals surface area contributed by atoms with E-state index in [1.165, 1.54) is 0 Å². The third-order valence-electron chi connectivity index (χ3n) is 9.46. The summed E-state index contributed by atoms with van der Waals surface area (Å²) < 4.78 is 6.85. The highest BCUT2D eigenvalue weighted by Crippen LogP contribution is 2.64. The fourth-order valence-corrected chi connectivity index (χ4v) is 7.46. The van der Waals surface area contributed by atoms with Gasteiger partial charge in [0.2, 0.25) is 17.7 Å². The molecule has 3 amide bonds. The number of ether oxygens (including phenoxy) is 1. The number of hydrogen-bond acceptors (Lipinski definition) is 5. The molecule has 8 heteroatoms. The zero-order valence-electron chi connectivity index (χ0n) is 24.2. The third kappa shape index (κ3) is 5.28. The van der Waals surface area contributed by atoms with E-state index in [4.69, 9.17) is 4.74 Å². The summed E-state index contributed by atoms with van der Waals surface area (Å²) in [5, 5.41) is 16.7. The Kier molecular flexibility index (Phi) is 8.80. The molecule has 2 aromatic rings. The van der Waals surface area contributed by atoms with Crippen LogP contribution in [0.25, 0.3) is 0 Å². The Bertz CT molecular complexity index is 1220. The van der Waals surface area contributed by atoms with E-state index in [0.29, 0.717) is 38.8 Å². The maximum absolute atomic E-state index is 14.5. The number of rotatable bonds is 13. The Balaban J connectivity index is 1.48. The van der Waals surface area contributed by atoms with Crippen LogP contribution in [0.5, 0.6) is 0 Å². The first-order valence-corrected chi connectivity index (χ1v) is 15.2. The minimum absolute atomic E-state index is 0.219. The molecule has 3 heterocycles. The predicted octanol–water partition coefficient (Wildman–Crippen LogP) is 3.37. The summed E-state index contributed by atoms with van der Waals surface area (Å²) in [4.78, 5) is 43.9. The van der Waals surface area contributed by atoms with Crippen molar-refractivity contribution in [3.8, 4) is 0 Å². The lowest BCUT2D eigenvalue weighted by atomic mass is 9.65. The van der Waals surface area contributed by atoms with Crippen LogP contribution in [0.1, 0.15) is 63.5 Å². The molecule has 2 unspecified atom stereocenters. The molecule has 8 nitrogen and oxygen atoms in total. The molecule has 5 rings (SSSR count). The summed E-state index contributed by atoms with van der Waals surface area (Å²) in [5.74, 6) is -2.26. The van der Waals surface area contributed by atoms with Gasteiger partial charge in [-0.1, -0.05) is 87.4 Å². The van der Waals surface area contributed by atoms with Gasteiger partial charge in [0.1, 0.15) is 11.6 Å². The second kappa shape index (κ2) is 12.3. The molecule has 1 spiro atoms. The van der Waals surface area contributed by atoms with E-state index in [-0.39, 0.29) is 24.3 Å². The molecule has 0 saturated carbocycles. The van der Waals surface area contributed by atoms with Crippen molar-refractivity contribution in [2.75, 3.05) is 13.2 Å². The molecule has 0 aliphatic carbocycles. The van der Waals surface area contributed by atoms with Crippen LogP contribution in [0.15, 0.2) is 60.7 Å². The second-order valence-electron chi connectivity index (χ2n) is 11.8. The Hall–Kier alpha value is -3.23. The number of fused-ring (bicyclic) bond motifs is 1. The van der Waals surface area contributed by atoms with E-state index in [2.05, 4.69) is 17.6 Å². The summed E-state index contributed by atoms with van der Waals surface area (Å²) in [7, 11) is 0. The predicted molar refractivity (Wildman–Crippen MR) is 156 cm³/mol. The number of likely N-dealkylation sites (tertiary alicyclic amines) is 1. The number of nitrogens with one attached hydrogen (secondary N) is 2. The summed E-state index contributed by atoms with van der Waals surface area (Å²) in [6.45, 7) is 4.66. The highest BCUT2D eigenvalue weighted by Gasteiger charge is 2.79. The monoisotopic (exact) mass is 561 g/mol. The largest absolute Gasteiger partial charge is 0.394 e. The number of amides is 3. The first kappa shape index (κ1) is 29.3. The number of unbranched alkanes of at least 4 members (excludes halogenated alkanes) is 2. The van der Waals surface area contributed by atoms with Crippen LogP contribution in [0.3, 0.4) is 0 Å². The Morgan fingerprint density at radius 3 is 2.29 bits per heavy atom. The number of carbonyl (C=O) groups excluding carboxylic acids is 3. The van der Waals surface area contributed by atoms with E-state index >= 15 is 0 Å². The normalized spacial score (nSPS) is 28.9. The van der Waals surface area contributed by atoms with Crippen LogP contribution in [0, 0.1) is 11.8 Å². The van der Waals surface area contributed by atoms with E-state index < -0.39 is 35.1 Å². The molecule has 0 radical (unpaired) electrons. The number of benzene rings is 2. The Morgan fingerprint density at radius 2 is 1.66 bits per heavy atom. The first-order chi connectivity index (χ1) is 19.9. The van der Waals surface area contributed by atoms with Gasteiger partial charge in [0.15, 0.2) is 0 Å². The molecule has 41 heavy (non-hydrogen) atoms. The van der Waals surface area contributed by atoms with Crippen molar-refractivity contribution in [2.24, 2.45) is 11.8 Å². The SMILES string of the molecule is CCCCCNC(=O)C1N([C@@H](CO)Cc2ccccc2)C(=O)[C@@H]2[C@H](C(=O)NCc3ccccc3)[C@]3(CC)CCC12O3. The van der Waals surface area contributed by atoms with E-state index in [1.807, 2.05) is 67.6 Å². The molecule has 3 aliphatic heterocycles. The Labute approximate surface area is 242 Å². The number of aliphatic hydroxyl groups is 1. The van der Waals surface area contributed by atoms with Crippen molar-refractivity contribution in [3.63, 3.8) is 0 Å². The maximum atomic E-state index is 14.5. The van der Waals surface area contributed by atoms with Crippen molar-refractivity contribution >= 4 is 17.7 Å². The molecule has 3 saturated heterocycles. The minimum atomic E-state index is -1.11. The van der Waals surface area contributed by atoms with Crippen molar-refractivity contribution in [3.05, 3.63) is 71.8 Å². The lowest BCUT2D eigenvalue weighted by molar-refractivity contribution is -0.151. The summed E-state index contributed by atoms with van der Waals surface area (Å²) in [5.41, 5.74) is 0.0172. The van der Waals surface area contributed by atoms with E-state index in [0.717, 1.165) is 30.4 Å². The summed E-state index contributed by atoms with van der Waals surface area (Å²) in [6, 6.07) is 17.8. The summed E-state index contributed by atoms with van der Waals surface area (Å²) >= 11 is 0. The van der Waals surface area contributed by atoms with E-state index in [9.17, 15) is 19.5 Å². The molecule has 3 fully saturated rings. The van der Waals surface area contributed by atoms with Crippen molar-refractivity contribution in [1.82, 2.24) is 15.5 Å². The van der Waals surface area contributed by atoms with Crippen molar-refractivity contribution < 1.29 is 24.2 Å². The van der Waals surface area contributed by atoms with Gasteiger partial charge < -0.3 is 25.4 Å². The van der Waals surface area contributed by atoms with Gasteiger partial charge in [0.25, 0.3) is 0 Å². The van der Waals surface area contributed by atoms with Crippen LogP contribution in [0.4, 0.5) is 0 Å². The van der Waals surface area contributed by atoms with Gasteiger partial charge in [-0.3, -0.25) is 14.4 Å². The average molecular weight is 562 g/mol. The minimum Gasteiger partial charge on any atom is -0.394 e. The zero-order chi connectivity index (χ0) is 29.0. The highest BCUT2D eigenvalue weighted by atomic mass is 16.5. The standard InChI is InChI=1S/C33H43N3O5/c1-3-5-12-19-34-30(39)28-33-18-17-32(4-2,41-33)26(29(38)35-21-24-15-10-7-11-16-24)27(33)31(40)36(28)25(22-37)20-23-13-8-6-9-14-23/h6-11,13-16,25-28,37H,3-5,12,17-22H2,1-2H3,(H,34,39)(H,35,38)/t25-,26-,27+,28?,32+,33?/m1/s1. The molecule has 2 aromatic carbocycles. The van der Waals surface area contributed by atoms with Gasteiger partial charge in [0.05, 0.1) is 30.1 Å². The average Bonchev–Trinajstić information content (AvgIpc) is 3.61. The van der Waals surface area contributed by atoms with Gasteiger partial charge in [-0.15, -0.1) is 0 Å². The fraction of sp³-hybridized carbons (Fsp3) is 0.545. The number of nitrogens with zero attached hydrogens (tertiary/aromatic N) is 1. The van der Waals surface area contributed by atoms with Gasteiger partial charge in [-0.05, 0) is 43.2 Å². The van der Waals surface area contributed by atoms with Crippen LogP contribution in [-0.4, -0.2) is 64.2 Å². The third-order valence-corrected chi connectivity index (χ3v) is 9.46. The molecular weight excluding hydrogens is 518 g/mol. The van der Waals surface area contributed by atoms with Crippen LogP contribution >= 0.6 is 0 Å². The van der Waals surface area contributed by atoms with Gasteiger partial charge in [-0.25, -0.2) is 0 Å². The van der Waals surface area contributed by atoms with Gasteiger partial charge in [0, 0.05) is 13.1 Å². The van der Waals surface area contributed by atoms with Gasteiger partial charge >= 0.3 is 0 Å². The Morgan fingerprint density at radius 1 is 0.976 bits per heavy atom. The maximum Gasteiger partial charge on any atom is 0.245 e. The number of carbonyl (C=O) groups is 3. The topological polar surface area (TPSA) is 108 Å². The molecule has 3 aliphatic rings. The quantitative estimate of drug-likeness (QED) is 0.325. The molecule has 220 valence electrons. The van der Waals surface area contributed by atoms with Crippen molar-refractivity contribution in [1.29, 1.82) is 0 Å². The smallest absolute Gasteiger partial charge is 0.245 e. The molecule has 2 bridgehead atoms. The van der Waals surface area contributed by atoms with Crippen LogP contribution in [0.2, 0.25) is 0 Å². The van der Waals surface area contributed by atoms with Crippen molar-refractivity contribution in [2.45, 2.75) is 88.6 Å². The lowest BCUT2D eigenvalue weighted by Crippen LogP contribution is -2.58. The molecule has 3 N–H and O–H groups in total. The lowest BCUT2D eigenvalue weighted by Gasteiger charge is -2.37. The van der Waals surface area contributed by atoms with Crippen LogP contribution < -0.4 is 10.6 Å². The summed E-state index contributed by atoms with van der Waals surface area (Å²) in [6.07, 6.45) is 4.96. The number of hydrogen-bond donors (Lipinski definition) is 3. The zero-order valence-corrected chi connectivity index (χ0v) is 24.2. The number of aliphatic hydroxyl groups excluding tert-OH is 1. The molecule has 0 aromatic heterocycles. The van der Waals surface area contributed by atoms with Crippen LogP contribution in [-0.2, 0) is 32.1 Å². The first-order valence-electron chi connectivity index (χ1n) is 15.2. The highest BCUT2D eigenvalue weighted by molar-refractivity contribution is 5.99. The van der Waals surface area contributed by atoms with E-state index in [1.54, 1.807) is 4.90 Å². The fourth-order valence-electron chi connectivity index (χ4n) is 7.46. The second-order valence-corrected chi connectivity index (χ2v) is 11.8. The molecular formula is C33H43N3O5.